The van der Waals surface area contributed by atoms with Crippen molar-refractivity contribution in [2.45, 2.75) is 27.3 Å². The number of nitrogens with two attached hydrogens (primary N) is 1. The predicted molar refractivity (Wildman–Crippen MR) is 80.2 cm³/mol. The van der Waals surface area contributed by atoms with Gasteiger partial charge in [0.1, 0.15) is 0 Å². The molecule has 1 amide bonds. The maximum absolute atomic E-state index is 11.9. The Morgan fingerprint density at radius 3 is 2.68 bits per heavy atom. The normalized spacial score (nSPS) is 10.6. The van der Waals surface area contributed by atoms with E-state index in [9.17, 15) is 4.79 Å². The second kappa shape index (κ2) is 7.14. The van der Waals surface area contributed by atoms with E-state index < -0.39 is 0 Å². The van der Waals surface area contributed by atoms with E-state index in [4.69, 9.17) is 5.73 Å². The van der Waals surface area contributed by atoms with E-state index in [2.05, 4.69) is 19.2 Å². The van der Waals surface area contributed by atoms with Crippen LogP contribution in [0.2, 0.25) is 0 Å². The molecule has 0 saturated heterocycles. The molecule has 3 N–H and O–H groups in total. The molecule has 106 valence electrons. The highest BCUT2D eigenvalue weighted by molar-refractivity contribution is 5.82. The lowest BCUT2D eigenvalue weighted by molar-refractivity contribution is -0.119. The van der Waals surface area contributed by atoms with Gasteiger partial charge < -0.3 is 16.0 Å². The van der Waals surface area contributed by atoms with Crippen molar-refractivity contribution >= 4 is 11.6 Å². The Balaban J connectivity index is 2.72. The van der Waals surface area contributed by atoms with Crippen LogP contribution >= 0.6 is 0 Å². The molecule has 1 aromatic rings. The fourth-order valence-electron chi connectivity index (χ4n) is 2.10. The molecule has 1 rings (SSSR count). The second-order valence-electron chi connectivity index (χ2n) is 5.34. The first-order valence-corrected chi connectivity index (χ1v) is 6.72. The summed E-state index contributed by atoms with van der Waals surface area (Å²) in [4.78, 5) is 13.8. The molecule has 0 saturated carbocycles. The standard InChI is InChI=1S/C15H25N3O/c1-11(2)9-17-14(19)10-18(4)15-12(3)6-5-7-13(15)8-16/h5-7,11H,8-10,16H2,1-4H3,(H,17,19). The van der Waals surface area contributed by atoms with E-state index in [0.717, 1.165) is 16.8 Å². The maximum Gasteiger partial charge on any atom is 0.239 e. The third kappa shape index (κ3) is 4.56. The topological polar surface area (TPSA) is 58.4 Å². The lowest BCUT2D eigenvalue weighted by Gasteiger charge is -2.24. The summed E-state index contributed by atoms with van der Waals surface area (Å²) in [7, 11) is 1.93. The van der Waals surface area contributed by atoms with Crippen molar-refractivity contribution < 1.29 is 4.79 Å². The van der Waals surface area contributed by atoms with Gasteiger partial charge in [-0.2, -0.15) is 0 Å². The summed E-state index contributed by atoms with van der Waals surface area (Å²) in [6.07, 6.45) is 0. The van der Waals surface area contributed by atoms with Crippen LogP contribution in [0, 0.1) is 12.8 Å². The number of anilines is 1. The number of carbonyl (C=O) groups is 1. The van der Waals surface area contributed by atoms with Gasteiger partial charge in [0.25, 0.3) is 0 Å². The minimum Gasteiger partial charge on any atom is -0.365 e. The molecule has 0 aromatic heterocycles. The highest BCUT2D eigenvalue weighted by Gasteiger charge is 2.12. The van der Waals surface area contributed by atoms with Crippen molar-refractivity contribution in [2.75, 3.05) is 25.0 Å². The van der Waals surface area contributed by atoms with Crippen LogP contribution in [0.15, 0.2) is 18.2 Å². The third-order valence-corrected chi connectivity index (χ3v) is 3.01. The van der Waals surface area contributed by atoms with E-state index in [-0.39, 0.29) is 5.91 Å². The predicted octanol–water partition coefficient (Wildman–Crippen LogP) is 1.66. The van der Waals surface area contributed by atoms with Crippen LogP contribution in [0.1, 0.15) is 25.0 Å². The molecular formula is C15H25N3O. The molecule has 0 unspecified atom stereocenters. The third-order valence-electron chi connectivity index (χ3n) is 3.01. The number of nitrogens with one attached hydrogen (secondary N) is 1. The molecule has 0 heterocycles. The van der Waals surface area contributed by atoms with Crippen molar-refractivity contribution in [1.82, 2.24) is 5.32 Å². The summed E-state index contributed by atoms with van der Waals surface area (Å²) in [6, 6.07) is 6.04. The number of carbonyl (C=O) groups excluding carboxylic acids is 1. The Morgan fingerprint density at radius 1 is 1.42 bits per heavy atom. The van der Waals surface area contributed by atoms with Crippen molar-refractivity contribution in [3.8, 4) is 0 Å². The fourth-order valence-corrected chi connectivity index (χ4v) is 2.10. The van der Waals surface area contributed by atoms with Gasteiger partial charge in [0, 0.05) is 25.8 Å². The molecule has 0 aliphatic heterocycles. The lowest BCUT2D eigenvalue weighted by Crippen LogP contribution is -2.37. The molecule has 0 aliphatic carbocycles. The number of aryl methyl sites for hydroxylation is 1. The first-order chi connectivity index (χ1) is 8.95. The number of amides is 1. The van der Waals surface area contributed by atoms with E-state index in [1.54, 1.807) is 0 Å². The van der Waals surface area contributed by atoms with Crippen LogP contribution < -0.4 is 16.0 Å². The summed E-state index contributed by atoms with van der Waals surface area (Å²) in [5.74, 6) is 0.509. The zero-order chi connectivity index (χ0) is 14.4. The van der Waals surface area contributed by atoms with Gasteiger partial charge in [0.05, 0.1) is 6.54 Å². The first-order valence-electron chi connectivity index (χ1n) is 6.72. The average molecular weight is 263 g/mol. The van der Waals surface area contributed by atoms with Gasteiger partial charge in [-0.25, -0.2) is 0 Å². The zero-order valence-electron chi connectivity index (χ0n) is 12.4. The summed E-state index contributed by atoms with van der Waals surface area (Å²) in [6.45, 7) is 7.75. The molecule has 0 fully saturated rings. The van der Waals surface area contributed by atoms with Gasteiger partial charge in [-0.3, -0.25) is 4.79 Å². The largest absolute Gasteiger partial charge is 0.365 e. The lowest BCUT2D eigenvalue weighted by atomic mass is 10.1. The summed E-state index contributed by atoms with van der Waals surface area (Å²) in [5.41, 5.74) is 9.03. The Bertz CT molecular complexity index is 429. The molecule has 0 radical (unpaired) electrons. The highest BCUT2D eigenvalue weighted by atomic mass is 16.2. The van der Waals surface area contributed by atoms with Crippen molar-refractivity contribution in [1.29, 1.82) is 0 Å². The van der Waals surface area contributed by atoms with Gasteiger partial charge in [0.2, 0.25) is 5.91 Å². The second-order valence-corrected chi connectivity index (χ2v) is 5.34. The minimum atomic E-state index is 0.0439. The molecule has 19 heavy (non-hydrogen) atoms. The highest BCUT2D eigenvalue weighted by Crippen LogP contribution is 2.23. The van der Waals surface area contributed by atoms with E-state index >= 15 is 0 Å². The number of likely N-dealkylation sites (N-methyl/N-ethyl adjacent to an activating group) is 1. The quantitative estimate of drug-likeness (QED) is 0.820. The van der Waals surface area contributed by atoms with Gasteiger partial charge in [-0.05, 0) is 24.0 Å². The minimum absolute atomic E-state index is 0.0439. The van der Waals surface area contributed by atoms with Crippen molar-refractivity contribution in [3.63, 3.8) is 0 Å². The van der Waals surface area contributed by atoms with Gasteiger partial charge >= 0.3 is 0 Å². The SMILES string of the molecule is Cc1cccc(CN)c1N(C)CC(=O)NCC(C)C. The van der Waals surface area contributed by atoms with Gasteiger partial charge in [0.15, 0.2) is 0 Å². The van der Waals surface area contributed by atoms with E-state index in [1.807, 2.05) is 37.1 Å². The Morgan fingerprint density at radius 2 is 2.11 bits per heavy atom. The van der Waals surface area contributed by atoms with Gasteiger partial charge in [-0.1, -0.05) is 32.0 Å². The molecule has 4 heteroatoms. The Labute approximate surface area is 116 Å². The number of para-hydroxylation sites is 1. The Kier molecular flexibility index (Phi) is 5.83. The molecule has 0 atom stereocenters. The maximum atomic E-state index is 11.9. The number of hydrogen-bond donors (Lipinski definition) is 2. The number of nitrogens with zero attached hydrogens (tertiary/aromatic N) is 1. The van der Waals surface area contributed by atoms with Crippen LogP contribution in [0.4, 0.5) is 5.69 Å². The molecule has 0 aliphatic rings. The van der Waals surface area contributed by atoms with Gasteiger partial charge in [-0.15, -0.1) is 0 Å². The summed E-state index contributed by atoms with van der Waals surface area (Å²) < 4.78 is 0. The van der Waals surface area contributed by atoms with E-state index in [1.165, 1.54) is 0 Å². The molecule has 0 spiro atoms. The molecule has 1 aromatic carbocycles. The van der Waals surface area contributed by atoms with Crippen LogP contribution in [0.5, 0.6) is 0 Å². The zero-order valence-corrected chi connectivity index (χ0v) is 12.4. The van der Waals surface area contributed by atoms with Crippen LogP contribution in [-0.4, -0.2) is 26.0 Å². The molecular weight excluding hydrogens is 238 g/mol. The van der Waals surface area contributed by atoms with Crippen LogP contribution in [0.3, 0.4) is 0 Å². The number of rotatable bonds is 6. The molecule has 0 bridgehead atoms. The summed E-state index contributed by atoms with van der Waals surface area (Å²) >= 11 is 0. The van der Waals surface area contributed by atoms with E-state index in [0.29, 0.717) is 25.6 Å². The average Bonchev–Trinajstić information content (AvgIpc) is 2.35. The number of benzene rings is 1. The van der Waals surface area contributed by atoms with Crippen molar-refractivity contribution in [2.24, 2.45) is 11.7 Å². The van der Waals surface area contributed by atoms with Crippen LogP contribution in [-0.2, 0) is 11.3 Å². The van der Waals surface area contributed by atoms with Crippen molar-refractivity contribution in [3.05, 3.63) is 29.3 Å². The fraction of sp³-hybridized carbons (Fsp3) is 0.533. The number of hydrogen-bond acceptors (Lipinski definition) is 3. The molecule has 4 nitrogen and oxygen atoms in total. The monoisotopic (exact) mass is 263 g/mol. The van der Waals surface area contributed by atoms with Crippen LogP contribution in [0.25, 0.3) is 0 Å². The first kappa shape index (κ1) is 15.5. The Hall–Kier alpha value is -1.55. The smallest absolute Gasteiger partial charge is 0.239 e. The summed E-state index contributed by atoms with van der Waals surface area (Å²) in [5, 5.41) is 2.93.